The Morgan fingerprint density at radius 2 is 2.10 bits per heavy atom. The molecule has 0 atom stereocenters. The van der Waals surface area contributed by atoms with Gasteiger partial charge in [0.05, 0.1) is 17.1 Å². The third-order valence-electron chi connectivity index (χ3n) is 5.19. The van der Waals surface area contributed by atoms with Crippen molar-refractivity contribution in [1.29, 1.82) is 0 Å². The summed E-state index contributed by atoms with van der Waals surface area (Å²) >= 11 is 0. The van der Waals surface area contributed by atoms with Gasteiger partial charge >= 0.3 is 11.7 Å². The summed E-state index contributed by atoms with van der Waals surface area (Å²) in [6, 6.07) is 6.73. The highest BCUT2D eigenvalue weighted by molar-refractivity contribution is 5.91. The monoisotopic (exact) mass is 414 g/mol. The van der Waals surface area contributed by atoms with Crippen LogP contribution in [0, 0.1) is 10.1 Å². The summed E-state index contributed by atoms with van der Waals surface area (Å²) in [5.74, 6) is -0.111. The van der Waals surface area contributed by atoms with Gasteiger partial charge in [-0.15, -0.1) is 0 Å². The number of nitrogens with one attached hydrogen (secondary N) is 1. The quantitative estimate of drug-likeness (QED) is 0.415. The maximum absolute atomic E-state index is 12.0. The van der Waals surface area contributed by atoms with Gasteiger partial charge in [0.25, 0.3) is 0 Å². The first-order valence-electron chi connectivity index (χ1n) is 9.85. The van der Waals surface area contributed by atoms with Crippen LogP contribution in [-0.4, -0.2) is 65.6 Å². The van der Waals surface area contributed by atoms with E-state index in [1.54, 1.807) is 31.2 Å². The number of aromatic nitrogens is 2. The number of hydrogen-bond acceptors (Lipinski definition) is 9. The summed E-state index contributed by atoms with van der Waals surface area (Å²) in [5, 5.41) is 14.9. The summed E-state index contributed by atoms with van der Waals surface area (Å²) in [6.07, 6.45) is 3.11. The van der Waals surface area contributed by atoms with Gasteiger partial charge in [0.1, 0.15) is 6.33 Å². The zero-order valence-electron chi connectivity index (χ0n) is 17.4. The Morgan fingerprint density at radius 3 is 2.77 bits per heavy atom. The Labute approximate surface area is 175 Å². The molecule has 0 saturated carbocycles. The van der Waals surface area contributed by atoms with Crippen molar-refractivity contribution in [2.75, 3.05) is 44.0 Å². The van der Waals surface area contributed by atoms with E-state index in [1.807, 2.05) is 11.9 Å². The number of carbonyl (C=O) groups is 1. The fourth-order valence-corrected chi connectivity index (χ4v) is 3.52. The number of rotatable bonds is 7. The van der Waals surface area contributed by atoms with Crippen LogP contribution in [0.15, 0.2) is 30.6 Å². The number of nitrogens with zero attached hydrogens (tertiary/aromatic N) is 5. The fourth-order valence-electron chi connectivity index (χ4n) is 3.52. The zero-order chi connectivity index (χ0) is 21.7. The predicted molar refractivity (Wildman–Crippen MR) is 113 cm³/mol. The highest BCUT2D eigenvalue weighted by Crippen LogP contribution is 2.35. The van der Waals surface area contributed by atoms with Gasteiger partial charge in [0, 0.05) is 18.8 Å². The number of ether oxygens (including phenoxy) is 1. The lowest BCUT2D eigenvalue weighted by Gasteiger charge is -2.35. The van der Waals surface area contributed by atoms with Crippen LogP contribution in [0.2, 0.25) is 0 Å². The van der Waals surface area contributed by atoms with Crippen LogP contribution in [0.3, 0.4) is 0 Å². The van der Waals surface area contributed by atoms with Crippen LogP contribution in [0.4, 0.5) is 23.0 Å². The van der Waals surface area contributed by atoms with E-state index in [0.29, 0.717) is 11.3 Å². The number of piperidine rings is 1. The molecule has 1 saturated heterocycles. The minimum atomic E-state index is -0.474. The van der Waals surface area contributed by atoms with Crippen molar-refractivity contribution in [2.45, 2.75) is 25.8 Å². The lowest BCUT2D eigenvalue weighted by Crippen LogP contribution is -2.42. The van der Waals surface area contributed by atoms with Crippen molar-refractivity contribution in [2.24, 2.45) is 0 Å². The molecule has 0 aliphatic carbocycles. The Morgan fingerprint density at radius 1 is 1.37 bits per heavy atom. The number of nitro groups is 1. The summed E-state index contributed by atoms with van der Waals surface area (Å²) in [5.41, 5.74) is 0.651. The van der Waals surface area contributed by atoms with Crippen molar-refractivity contribution >= 4 is 29.0 Å². The third-order valence-corrected chi connectivity index (χ3v) is 5.19. The number of esters is 1. The molecule has 0 radical (unpaired) electrons. The first-order chi connectivity index (χ1) is 14.4. The molecular weight excluding hydrogens is 388 g/mol. The molecule has 10 nitrogen and oxygen atoms in total. The number of benzene rings is 1. The lowest BCUT2D eigenvalue weighted by molar-refractivity contribution is -0.383. The molecule has 1 N–H and O–H groups in total. The zero-order valence-corrected chi connectivity index (χ0v) is 17.4. The molecule has 160 valence electrons. The fraction of sp³-hybridized carbons (Fsp3) is 0.450. The van der Waals surface area contributed by atoms with E-state index in [-0.39, 0.29) is 30.0 Å². The minimum Gasteiger partial charge on any atom is -0.462 e. The van der Waals surface area contributed by atoms with Gasteiger partial charge < -0.3 is 19.9 Å². The summed E-state index contributed by atoms with van der Waals surface area (Å²) in [6.45, 7) is 3.85. The van der Waals surface area contributed by atoms with Crippen LogP contribution >= 0.6 is 0 Å². The van der Waals surface area contributed by atoms with Gasteiger partial charge in [-0.1, -0.05) is 6.07 Å². The van der Waals surface area contributed by atoms with E-state index >= 15 is 0 Å². The second-order valence-corrected chi connectivity index (χ2v) is 7.22. The predicted octanol–water partition coefficient (Wildman–Crippen LogP) is 2.84. The minimum absolute atomic E-state index is 0.0748. The molecule has 2 heterocycles. The lowest BCUT2D eigenvalue weighted by atomic mass is 10.0. The van der Waals surface area contributed by atoms with Gasteiger partial charge in [-0.05, 0) is 58.1 Å². The van der Waals surface area contributed by atoms with Crippen LogP contribution < -0.4 is 10.2 Å². The average molecular weight is 414 g/mol. The van der Waals surface area contributed by atoms with Gasteiger partial charge in [0.15, 0.2) is 0 Å². The molecule has 1 aromatic heterocycles. The van der Waals surface area contributed by atoms with E-state index in [9.17, 15) is 14.9 Å². The Hall–Kier alpha value is -3.27. The van der Waals surface area contributed by atoms with Crippen molar-refractivity contribution in [3.05, 3.63) is 46.3 Å². The molecule has 10 heteroatoms. The molecule has 1 aliphatic rings. The maximum atomic E-state index is 12.0. The van der Waals surface area contributed by atoms with Gasteiger partial charge in [-0.25, -0.2) is 14.8 Å². The van der Waals surface area contributed by atoms with Crippen LogP contribution in [-0.2, 0) is 4.74 Å². The van der Waals surface area contributed by atoms with E-state index in [4.69, 9.17) is 4.74 Å². The second-order valence-electron chi connectivity index (χ2n) is 7.22. The van der Waals surface area contributed by atoms with Crippen molar-refractivity contribution < 1.29 is 14.5 Å². The second kappa shape index (κ2) is 9.49. The van der Waals surface area contributed by atoms with Crippen molar-refractivity contribution in [3.8, 4) is 0 Å². The van der Waals surface area contributed by atoms with E-state index in [2.05, 4.69) is 27.2 Å². The van der Waals surface area contributed by atoms with Crippen LogP contribution in [0.1, 0.15) is 30.1 Å². The number of anilines is 3. The van der Waals surface area contributed by atoms with E-state index < -0.39 is 10.9 Å². The first-order valence-corrected chi connectivity index (χ1v) is 9.85. The summed E-state index contributed by atoms with van der Waals surface area (Å²) < 4.78 is 5.01. The van der Waals surface area contributed by atoms with Gasteiger partial charge in [0.2, 0.25) is 11.6 Å². The molecule has 3 rings (SSSR count). The molecule has 1 aliphatic heterocycles. The molecule has 30 heavy (non-hydrogen) atoms. The molecule has 0 amide bonds. The topological polar surface area (TPSA) is 114 Å². The molecule has 1 aromatic carbocycles. The number of likely N-dealkylation sites (tertiary alicyclic amines) is 1. The standard InChI is InChI=1S/C20H26N6O4/c1-4-30-20(27)14-6-5-7-15(12-14)23-18-17(26(28)29)19(22-13-21-18)25(3)16-8-10-24(2)11-9-16/h5-7,12-13,16H,4,8-11H2,1-3H3,(H,21,22,23). The maximum Gasteiger partial charge on any atom is 0.353 e. The van der Waals surface area contributed by atoms with E-state index in [1.165, 1.54) is 6.33 Å². The third kappa shape index (κ3) is 4.82. The van der Waals surface area contributed by atoms with Gasteiger partial charge in [-0.2, -0.15) is 0 Å². The van der Waals surface area contributed by atoms with Gasteiger partial charge in [-0.3, -0.25) is 10.1 Å². The molecule has 2 aromatic rings. The summed E-state index contributed by atoms with van der Waals surface area (Å²) in [4.78, 5) is 35.8. The van der Waals surface area contributed by atoms with E-state index in [0.717, 1.165) is 25.9 Å². The Bertz CT molecular complexity index is 914. The number of carbonyl (C=O) groups excluding carboxylic acids is 1. The molecule has 0 unspecified atom stereocenters. The Kier molecular flexibility index (Phi) is 6.78. The van der Waals surface area contributed by atoms with Crippen LogP contribution in [0.5, 0.6) is 0 Å². The van der Waals surface area contributed by atoms with Crippen molar-refractivity contribution in [1.82, 2.24) is 14.9 Å². The highest BCUT2D eigenvalue weighted by Gasteiger charge is 2.30. The molecule has 1 fully saturated rings. The van der Waals surface area contributed by atoms with Crippen molar-refractivity contribution in [3.63, 3.8) is 0 Å². The Balaban J connectivity index is 1.89. The largest absolute Gasteiger partial charge is 0.462 e. The average Bonchev–Trinajstić information content (AvgIpc) is 2.74. The summed E-state index contributed by atoms with van der Waals surface area (Å²) in [7, 11) is 3.90. The highest BCUT2D eigenvalue weighted by atomic mass is 16.6. The smallest absolute Gasteiger partial charge is 0.353 e. The first kappa shape index (κ1) is 21.4. The molecule has 0 spiro atoms. The number of hydrogen-bond donors (Lipinski definition) is 1. The molecular formula is C20H26N6O4. The SMILES string of the molecule is CCOC(=O)c1cccc(Nc2ncnc(N(C)C3CCN(C)CC3)c2[N+](=O)[O-])c1. The molecule has 0 bridgehead atoms. The normalized spacial score (nSPS) is 14.9. The van der Waals surface area contributed by atoms with Crippen LogP contribution in [0.25, 0.3) is 0 Å².